The van der Waals surface area contributed by atoms with Gasteiger partial charge in [-0.1, -0.05) is 23.7 Å². The Morgan fingerprint density at radius 3 is 2.62 bits per heavy atom. The van der Waals surface area contributed by atoms with Gasteiger partial charge in [-0.25, -0.2) is 4.68 Å². The van der Waals surface area contributed by atoms with Gasteiger partial charge in [0, 0.05) is 25.2 Å². The van der Waals surface area contributed by atoms with Gasteiger partial charge in [0.2, 0.25) is 0 Å². The Kier molecular flexibility index (Phi) is 4.54. The van der Waals surface area contributed by atoms with Gasteiger partial charge in [0.05, 0.1) is 16.8 Å². The van der Waals surface area contributed by atoms with Crippen LogP contribution in [0.15, 0.2) is 35.3 Å². The van der Waals surface area contributed by atoms with Crippen molar-refractivity contribution >= 4 is 23.0 Å². The van der Waals surface area contributed by atoms with Crippen LogP contribution in [-0.4, -0.2) is 14.7 Å². The number of nitro benzene ring substituents is 1. The first kappa shape index (κ1) is 15.0. The normalized spacial score (nSPS) is 10.4. The van der Waals surface area contributed by atoms with Gasteiger partial charge in [-0.3, -0.25) is 14.9 Å². The summed E-state index contributed by atoms with van der Waals surface area (Å²) in [6.45, 7) is 2.63. The minimum Gasteiger partial charge on any atom is -0.378 e. The number of aryl methyl sites for hydroxylation is 1. The molecule has 1 aromatic heterocycles. The fourth-order valence-corrected chi connectivity index (χ4v) is 1.96. The highest BCUT2D eigenvalue weighted by Gasteiger charge is 2.08. The number of nitro groups is 1. The maximum Gasteiger partial charge on any atom is 0.287 e. The zero-order valence-electron chi connectivity index (χ0n) is 11.2. The second-order valence-electron chi connectivity index (χ2n) is 4.27. The summed E-state index contributed by atoms with van der Waals surface area (Å²) in [7, 11) is 0. The van der Waals surface area contributed by atoms with E-state index in [0.717, 1.165) is 5.56 Å². The third-order valence-corrected chi connectivity index (χ3v) is 3.28. The van der Waals surface area contributed by atoms with E-state index in [1.165, 1.54) is 23.0 Å². The number of benzene rings is 1. The molecule has 0 bridgehead atoms. The molecule has 0 aliphatic carbocycles. The van der Waals surface area contributed by atoms with E-state index in [-0.39, 0.29) is 16.3 Å². The van der Waals surface area contributed by atoms with Crippen molar-refractivity contribution in [1.82, 2.24) is 9.78 Å². The van der Waals surface area contributed by atoms with Crippen molar-refractivity contribution in [3.05, 3.63) is 61.5 Å². The van der Waals surface area contributed by atoms with Gasteiger partial charge in [-0.15, -0.1) is 0 Å². The Morgan fingerprint density at radius 1 is 1.38 bits per heavy atom. The largest absolute Gasteiger partial charge is 0.378 e. The molecule has 0 unspecified atom stereocenters. The monoisotopic (exact) mass is 308 g/mol. The van der Waals surface area contributed by atoms with Crippen LogP contribution in [0.2, 0.25) is 5.02 Å². The van der Waals surface area contributed by atoms with Crippen LogP contribution < -0.4 is 10.9 Å². The average molecular weight is 309 g/mol. The van der Waals surface area contributed by atoms with Crippen molar-refractivity contribution < 1.29 is 4.92 Å². The van der Waals surface area contributed by atoms with Gasteiger partial charge < -0.3 is 5.32 Å². The van der Waals surface area contributed by atoms with Crippen LogP contribution in [0, 0.1) is 10.1 Å². The summed E-state index contributed by atoms with van der Waals surface area (Å²) in [6, 6.07) is 6.12. The molecule has 1 aromatic carbocycles. The first-order chi connectivity index (χ1) is 10.0. The van der Waals surface area contributed by atoms with E-state index in [1.54, 1.807) is 19.1 Å². The molecule has 0 radical (unpaired) electrons. The van der Waals surface area contributed by atoms with Gasteiger partial charge in [-0.05, 0) is 12.5 Å². The molecule has 2 aromatic rings. The molecule has 0 amide bonds. The SMILES string of the molecule is CCn1ncc(NCc2ccc([N+](=O)[O-])cc2)c(Cl)c1=O. The predicted molar refractivity (Wildman–Crippen MR) is 79.6 cm³/mol. The van der Waals surface area contributed by atoms with E-state index < -0.39 is 4.92 Å². The van der Waals surface area contributed by atoms with E-state index in [0.29, 0.717) is 18.8 Å². The number of hydrogen-bond acceptors (Lipinski definition) is 5. The third-order valence-electron chi connectivity index (χ3n) is 2.91. The van der Waals surface area contributed by atoms with E-state index in [2.05, 4.69) is 10.4 Å². The fraction of sp³-hybridized carbons (Fsp3) is 0.231. The number of hydrogen-bond donors (Lipinski definition) is 1. The summed E-state index contributed by atoms with van der Waals surface area (Å²) in [5.74, 6) is 0. The van der Waals surface area contributed by atoms with Crippen LogP contribution in [0.4, 0.5) is 11.4 Å². The minimum atomic E-state index is -0.456. The number of non-ortho nitro benzene ring substituents is 1. The molecule has 1 N–H and O–H groups in total. The molecular weight excluding hydrogens is 296 g/mol. The first-order valence-electron chi connectivity index (χ1n) is 6.25. The van der Waals surface area contributed by atoms with Crippen molar-refractivity contribution in [3.8, 4) is 0 Å². The maximum atomic E-state index is 11.8. The van der Waals surface area contributed by atoms with Gasteiger partial charge in [-0.2, -0.15) is 5.10 Å². The highest BCUT2D eigenvalue weighted by atomic mass is 35.5. The molecule has 7 nitrogen and oxygen atoms in total. The van der Waals surface area contributed by atoms with E-state index in [9.17, 15) is 14.9 Å². The molecule has 0 saturated carbocycles. The molecule has 1 heterocycles. The Balaban J connectivity index is 2.11. The fourth-order valence-electron chi connectivity index (χ4n) is 1.75. The van der Waals surface area contributed by atoms with Crippen LogP contribution in [0.5, 0.6) is 0 Å². The Labute approximate surface area is 125 Å². The van der Waals surface area contributed by atoms with Crippen molar-refractivity contribution in [1.29, 1.82) is 0 Å². The van der Waals surface area contributed by atoms with Crippen LogP contribution >= 0.6 is 11.6 Å². The number of nitrogens with one attached hydrogen (secondary N) is 1. The molecule has 0 aliphatic heterocycles. The highest BCUT2D eigenvalue weighted by molar-refractivity contribution is 6.32. The molecule has 110 valence electrons. The molecule has 0 fully saturated rings. The third kappa shape index (κ3) is 3.38. The van der Waals surface area contributed by atoms with E-state index in [4.69, 9.17) is 11.6 Å². The van der Waals surface area contributed by atoms with Gasteiger partial charge in [0.25, 0.3) is 11.2 Å². The van der Waals surface area contributed by atoms with Crippen molar-refractivity contribution in [2.75, 3.05) is 5.32 Å². The van der Waals surface area contributed by atoms with E-state index in [1.807, 2.05) is 0 Å². The lowest BCUT2D eigenvalue weighted by Crippen LogP contribution is -2.23. The number of halogens is 1. The quantitative estimate of drug-likeness (QED) is 0.676. The molecule has 8 heteroatoms. The molecule has 0 spiro atoms. The van der Waals surface area contributed by atoms with Gasteiger partial charge >= 0.3 is 0 Å². The van der Waals surface area contributed by atoms with Crippen LogP contribution in [-0.2, 0) is 13.1 Å². The Morgan fingerprint density at radius 2 is 2.05 bits per heavy atom. The Hall–Kier alpha value is -2.41. The number of aromatic nitrogens is 2. The zero-order valence-corrected chi connectivity index (χ0v) is 12.0. The first-order valence-corrected chi connectivity index (χ1v) is 6.63. The van der Waals surface area contributed by atoms with Crippen molar-refractivity contribution in [2.24, 2.45) is 0 Å². The molecule has 2 rings (SSSR count). The average Bonchev–Trinajstić information content (AvgIpc) is 2.49. The molecule has 0 atom stereocenters. The maximum absolute atomic E-state index is 11.8. The second-order valence-corrected chi connectivity index (χ2v) is 4.65. The second kappa shape index (κ2) is 6.36. The van der Waals surface area contributed by atoms with Crippen LogP contribution in [0.25, 0.3) is 0 Å². The molecule has 21 heavy (non-hydrogen) atoms. The molecular formula is C13H13ClN4O3. The van der Waals surface area contributed by atoms with Gasteiger partial charge in [0.15, 0.2) is 0 Å². The highest BCUT2D eigenvalue weighted by Crippen LogP contribution is 2.17. The van der Waals surface area contributed by atoms with Crippen molar-refractivity contribution in [2.45, 2.75) is 20.0 Å². The van der Waals surface area contributed by atoms with Crippen LogP contribution in [0.3, 0.4) is 0 Å². The topological polar surface area (TPSA) is 90.1 Å². The predicted octanol–water partition coefficient (Wildman–Crippen LogP) is 2.44. The standard InChI is InChI=1S/C13H13ClN4O3/c1-2-17-13(19)12(14)11(8-16-17)15-7-9-3-5-10(6-4-9)18(20)21/h3-6,8,15H,2,7H2,1H3. The summed E-state index contributed by atoms with van der Waals surface area (Å²) >= 11 is 5.99. The summed E-state index contributed by atoms with van der Waals surface area (Å²) in [4.78, 5) is 21.9. The summed E-state index contributed by atoms with van der Waals surface area (Å²) < 4.78 is 1.26. The lowest BCUT2D eigenvalue weighted by atomic mass is 10.2. The molecule has 0 aliphatic rings. The smallest absolute Gasteiger partial charge is 0.287 e. The van der Waals surface area contributed by atoms with Crippen LogP contribution in [0.1, 0.15) is 12.5 Å². The zero-order chi connectivity index (χ0) is 15.4. The number of nitrogens with zero attached hydrogens (tertiary/aromatic N) is 3. The summed E-state index contributed by atoms with van der Waals surface area (Å²) in [5, 5.41) is 17.6. The van der Waals surface area contributed by atoms with Crippen molar-refractivity contribution in [3.63, 3.8) is 0 Å². The molecule has 0 saturated heterocycles. The summed E-state index contributed by atoms with van der Waals surface area (Å²) in [6.07, 6.45) is 1.48. The lowest BCUT2D eigenvalue weighted by Gasteiger charge is -2.09. The minimum absolute atomic E-state index is 0.0315. The summed E-state index contributed by atoms with van der Waals surface area (Å²) in [5.41, 5.74) is 0.943. The van der Waals surface area contributed by atoms with E-state index >= 15 is 0 Å². The Bertz CT molecular complexity index is 712. The lowest BCUT2D eigenvalue weighted by molar-refractivity contribution is -0.384. The van der Waals surface area contributed by atoms with Gasteiger partial charge in [0.1, 0.15) is 5.02 Å². The number of rotatable bonds is 5. The number of anilines is 1.